The Morgan fingerprint density at radius 1 is 1.18 bits per heavy atom. The van der Waals surface area contributed by atoms with Crippen LogP contribution in [0.15, 0.2) is 64.5 Å². The summed E-state index contributed by atoms with van der Waals surface area (Å²) < 4.78 is 6.96. The smallest absolute Gasteiger partial charge is 0.262 e. The molecule has 28 heavy (non-hydrogen) atoms. The summed E-state index contributed by atoms with van der Waals surface area (Å²) >= 11 is 1.09. The van der Waals surface area contributed by atoms with Crippen LogP contribution in [0.1, 0.15) is 22.8 Å². The minimum absolute atomic E-state index is 0.0791. The van der Waals surface area contributed by atoms with Crippen molar-refractivity contribution in [2.45, 2.75) is 19.0 Å². The van der Waals surface area contributed by atoms with Gasteiger partial charge in [0.1, 0.15) is 5.75 Å². The van der Waals surface area contributed by atoms with Crippen LogP contribution >= 0.6 is 11.8 Å². The zero-order valence-electron chi connectivity index (χ0n) is 15.6. The lowest BCUT2D eigenvalue weighted by Crippen LogP contribution is -2.21. The maximum absolute atomic E-state index is 12.6. The second kappa shape index (κ2) is 8.75. The first-order valence-electron chi connectivity index (χ1n) is 8.77. The Labute approximate surface area is 166 Å². The number of hydrogen-bond acceptors (Lipinski definition) is 6. The van der Waals surface area contributed by atoms with Crippen molar-refractivity contribution in [3.05, 3.63) is 76.1 Å². The van der Waals surface area contributed by atoms with Gasteiger partial charge in [0.25, 0.3) is 5.56 Å². The number of Topliss-reactive ketones (excluding diaryl/α,β-unsaturated/α-hetero) is 1. The third-order valence-electron chi connectivity index (χ3n) is 3.99. The summed E-state index contributed by atoms with van der Waals surface area (Å²) in [7, 11) is 0. The van der Waals surface area contributed by atoms with Gasteiger partial charge in [-0.05, 0) is 26.0 Å². The quantitative estimate of drug-likeness (QED) is 0.373. The zero-order valence-corrected chi connectivity index (χ0v) is 16.4. The van der Waals surface area contributed by atoms with Crippen LogP contribution in [0.4, 0.5) is 0 Å². The first kappa shape index (κ1) is 19.7. The average Bonchev–Trinajstić information content (AvgIpc) is 2.67. The molecular weight excluding hydrogens is 376 g/mol. The molecule has 0 amide bonds. The standard InChI is InChI=1S/C21H20N2O4S/c1-3-27-18-7-5-4-6-16(18)23-20(26)12-19(25)22-21(23)28-13-17(24)15-10-8-14(2)9-11-15/h4-12,25H,3,13H2,1-2H3. The van der Waals surface area contributed by atoms with Gasteiger partial charge in [0.2, 0.25) is 5.88 Å². The monoisotopic (exact) mass is 396 g/mol. The van der Waals surface area contributed by atoms with E-state index in [1.807, 2.05) is 26.0 Å². The third-order valence-corrected chi connectivity index (χ3v) is 4.92. The number of para-hydroxylation sites is 2. The van der Waals surface area contributed by atoms with E-state index >= 15 is 0 Å². The summed E-state index contributed by atoms with van der Waals surface area (Å²) in [5.41, 5.74) is 1.71. The molecule has 7 heteroatoms. The number of ketones is 1. The zero-order chi connectivity index (χ0) is 20.1. The number of carbonyl (C=O) groups is 1. The first-order valence-corrected chi connectivity index (χ1v) is 9.76. The summed E-state index contributed by atoms with van der Waals surface area (Å²) in [5, 5.41) is 10.0. The van der Waals surface area contributed by atoms with Gasteiger partial charge in [-0.1, -0.05) is 53.7 Å². The number of aromatic nitrogens is 2. The van der Waals surface area contributed by atoms with Crippen LogP contribution in [-0.4, -0.2) is 32.8 Å². The number of thioether (sulfide) groups is 1. The lowest BCUT2D eigenvalue weighted by Gasteiger charge is -2.15. The molecule has 1 heterocycles. The topological polar surface area (TPSA) is 81.4 Å². The second-order valence-electron chi connectivity index (χ2n) is 6.05. The van der Waals surface area contributed by atoms with E-state index in [0.717, 1.165) is 23.4 Å². The van der Waals surface area contributed by atoms with Crippen molar-refractivity contribution in [2.75, 3.05) is 12.4 Å². The Hall–Kier alpha value is -3.06. The Bertz CT molecular complexity index is 1050. The predicted octanol–water partition coefficient (Wildman–Crippen LogP) is 3.62. The van der Waals surface area contributed by atoms with Crippen LogP contribution in [-0.2, 0) is 0 Å². The summed E-state index contributed by atoms with van der Waals surface area (Å²) in [4.78, 5) is 29.1. The fraction of sp³-hybridized carbons (Fsp3) is 0.190. The maximum atomic E-state index is 12.6. The van der Waals surface area contributed by atoms with Crippen molar-refractivity contribution in [1.82, 2.24) is 9.55 Å². The summed E-state index contributed by atoms with van der Waals surface area (Å²) in [5.74, 6) is 0.120. The molecule has 3 aromatic rings. The molecule has 0 spiro atoms. The molecule has 144 valence electrons. The van der Waals surface area contributed by atoms with E-state index in [1.165, 1.54) is 4.57 Å². The number of benzene rings is 2. The van der Waals surface area contributed by atoms with E-state index in [4.69, 9.17) is 4.74 Å². The summed E-state index contributed by atoms with van der Waals surface area (Å²) in [6.45, 7) is 4.24. The molecular formula is C21H20N2O4S. The number of aryl methyl sites for hydroxylation is 1. The molecule has 0 atom stereocenters. The number of nitrogens with zero attached hydrogens (tertiary/aromatic N) is 2. The molecule has 0 bridgehead atoms. The Balaban J connectivity index is 1.95. The molecule has 0 aliphatic rings. The van der Waals surface area contributed by atoms with Crippen molar-refractivity contribution in [3.63, 3.8) is 0 Å². The second-order valence-corrected chi connectivity index (χ2v) is 6.99. The van der Waals surface area contributed by atoms with Crippen LogP contribution in [0.2, 0.25) is 0 Å². The van der Waals surface area contributed by atoms with Crippen LogP contribution < -0.4 is 10.3 Å². The van der Waals surface area contributed by atoms with Crippen LogP contribution in [0.5, 0.6) is 11.6 Å². The number of carbonyl (C=O) groups excluding carboxylic acids is 1. The van der Waals surface area contributed by atoms with Gasteiger partial charge < -0.3 is 9.84 Å². The van der Waals surface area contributed by atoms with Gasteiger partial charge >= 0.3 is 0 Å². The van der Waals surface area contributed by atoms with Crippen molar-refractivity contribution in [3.8, 4) is 17.3 Å². The normalized spacial score (nSPS) is 10.6. The van der Waals surface area contributed by atoms with Gasteiger partial charge in [0.15, 0.2) is 10.9 Å². The molecule has 0 fully saturated rings. The molecule has 1 N–H and O–H groups in total. The molecule has 0 aliphatic heterocycles. The Morgan fingerprint density at radius 3 is 2.61 bits per heavy atom. The van der Waals surface area contributed by atoms with E-state index in [0.29, 0.717) is 23.6 Å². The fourth-order valence-corrected chi connectivity index (χ4v) is 3.54. The van der Waals surface area contributed by atoms with Gasteiger partial charge in [-0.15, -0.1) is 0 Å². The van der Waals surface area contributed by atoms with E-state index < -0.39 is 5.56 Å². The van der Waals surface area contributed by atoms with Crippen molar-refractivity contribution < 1.29 is 14.6 Å². The number of rotatable bonds is 7. The van der Waals surface area contributed by atoms with Gasteiger partial charge in [-0.3, -0.25) is 14.2 Å². The van der Waals surface area contributed by atoms with E-state index in [1.54, 1.807) is 36.4 Å². The number of aromatic hydroxyl groups is 1. The third kappa shape index (κ3) is 4.43. The van der Waals surface area contributed by atoms with Crippen molar-refractivity contribution in [2.24, 2.45) is 0 Å². The van der Waals surface area contributed by atoms with E-state index in [-0.39, 0.29) is 22.6 Å². The predicted molar refractivity (Wildman–Crippen MR) is 109 cm³/mol. The molecule has 0 saturated carbocycles. The molecule has 0 radical (unpaired) electrons. The van der Waals surface area contributed by atoms with Gasteiger partial charge in [-0.2, -0.15) is 4.98 Å². The lowest BCUT2D eigenvalue weighted by atomic mass is 10.1. The van der Waals surface area contributed by atoms with E-state index in [9.17, 15) is 14.7 Å². The van der Waals surface area contributed by atoms with Crippen molar-refractivity contribution in [1.29, 1.82) is 0 Å². The minimum atomic E-state index is -0.454. The van der Waals surface area contributed by atoms with Crippen LogP contribution in [0.3, 0.4) is 0 Å². The fourth-order valence-electron chi connectivity index (χ4n) is 2.64. The Kier molecular flexibility index (Phi) is 6.16. The van der Waals surface area contributed by atoms with Crippen LogP contribution in [0.25, 0.3) is 5.69 Å². The largest absolute Gasteiger partial charge is 0.493 e. The van der Waals surface area contributed by atoms with Gasteiger partial charge in [0.05, 0.1) is 24.1 Å². The molecule has 1 aromatic heterocycles. The molecule has 0 unspecified atom stereocenters. The molecule has 2 aromatic carbocycles. The molecule has 0 saturated heterocycles. The van der Waals surface area contributed by atoms with E-state index in [2.05, 4.69) is 4.98 Å². The highest BCUT2D eigenvalue weighted by Gasteiger charge is 2.16. The number of ether oxygens (including phenoxy) is 1. The first-order chi connectivity index (χ1) is 13.5. The Morgan fingerprint density at radius 2 is 1.89 bits per heavy atom. The van der Waals surface area contributed by atoms with Gasteiger partial charge in [0, 0.05) is 5.56 Å². The summed E-state index contributed by atoms with van der Waals surface area (Å²) in [6.07, 6.45) is 0. The minimum Gasteiger partial charge on any atom is -0.493 e. The van der Waals surface area contributed by atoms with Gasteiger partial charge in [-0.25, -0.2) is 0 Å². The van der Waals surface area contributed by atoms with Crippen molar-refractivity contribution >= 4 is 17.5 Å². The molecule has 6 nitrogen and oxygen atoms in total. The average molecular weight is 396 g/mol. The highest BCUT2D eigenvalue weighted by atomic mass is 32.2. The van der Waals surface area contributed by atoms with Crippen LogP contribution in [0, 0.1) is 6.92 Å². The summed E-state index contributed by atoms with van der Waals surface area (Å²) in [6, 6.07) is 15.4. The SMILES string of the molecule is CCOc1ccccc1-n1c(SCC(=O)c2ccc(C)cc2)nc(O)cc1=O. The molecule has 3 rings (SSSR count). The molecule has 0 aliphatic carbocycles. The number of hydrogen-bond donors (Lipinski definition) is 1. The highest BCUT2D eigenvalue weighted by Crippen LogP contribution is 2.27. The maximum Gasteiger partial charge on any atom is 0.262 e. The lowest BCUT2D eigenvalue weighted by molar-refractivity contribution is 0.102. The highest BCUT2D eigenvalue weighted by molar-refractivity contribution is 7.99.